The van der Waals surface area contributed by atoms with Crippen molar-refractivity contribution in [2.45, 2.75) is 12.8 Å². The van der Waals surface area contributed by atoms with E-state index in [9.17, 15) is 0 Å². The predicted molar refractivity (Wildman–Crippen MR) is 58.9 cm³/mol. The number of ether oxygens (including phenoxy) is 1. The average molecular weight is 204 g/mol. The Morgan fingerprint density at radius 1 is 1.20 bits per heavy atom. The van der Waals surface area contributed by atoms with Gasteiger partial charge in [-0.05, 0) is 25.0 Å². The van der Waals surface area contributed by atoms with Crippen molar-refractivity contribution in [2.75, 3.05) is 31.2 Å². The summed E-state index contributed by atoms with van der Waals surface area (Å²) >= 11 is 0. The Labute approximate surface area is 90.1 Å². The van der Waals surface area contributed by atoms with Gasteiger partial charge in [-0.15, -0.1) is 0 Å². The number of anilines is 1. The van der Waals surface area contributed by atoms with Crippen LogP contribution in [0.15, 0.2) is 24.4 Å². The summed E-state index contributed by atoms with van der Waals surface area (Å²) in [7, 11) is 0. The van der Waals surface area contributed by atoms with Gasteiger partial charge in [0.1, 0.15) is 5.82 Å². The maximum absolute atomic E-state index is 5.41. The van der Waals surface area contributed by atoms with Gasteiger partial charge in [0.05, 0.1) is 0 Å². The molecule has 1 aromatic heterocycles. The highest BCUT2D eigenvalue weighted by atomic mass is 16.5. The molecule has 0 amide bonds. The number of hydrogen-bond acceptors (Lipinski definition) is 3. The van der Waals surface area contributed by atoms with Gasteiger partial charge in [0.2, 0.25) is 0 Å². The van der Waals surface area contributed by atoms with E-state index in [1.54, 1.807) is 0 Å². The van der Waals surface area contributed by atoms with Crippen molar-refractivity contribution in [3.8, 4) is 0 Å². The van der Waals surface area contributed by atoms with E-state index in [4.69, 9.17) is 4.74 Å². The van der Waals surface area contributed by atoms with Crippen molar-refractivity contribution in [2.24, 2.45) is 5.41 Å². The first-order valence-corrected chi connectivity index (χ1v) is 5.62. The van der Waals surface area contributed by atoms with Gasteiger partial charge in [-0.25, -0.2) is 4.98 Å². The quantitative estimate of drug-likeness (QED) is 0.696. The van der Waals surface area contributed by atoms with Crippen molar-refractivity contribution in [1.82, 2.24) is 4.98 Å². The summed E-state index contributed by atoms with van der Waals surface area (Å²) < 4.78 is 5.41. The Bertz CT molecular complexity index is 325. The average Bonchev–Trinajstić information content (AvgIpc) is 2.28. The molecular formula is C12H16N2O. The van der Waals surface area contributed by atoms with E-state index < -0.39 is 0 Å². The largest absolute Gasteiger partial charge is 0.381 e. The monoisotopic (exact) mass is 204 g/mol. The van der Waals surface area contributed by atoms with E-state index in [2.05, 4.69) is 22.0 Å². The molecule has 1 aromatic rings. The van der Waals surface area contributed by atoms with Crippen molar-refractivity contribution >= 4 is 5.82 Å². The molecule has 2 fully saturated rings. The molecule has 0 unspecified atom stereocenters. The molecule has 80 valence electrons. The second-order valence-electron chi connectivity index (χ2n) is 4.66. The van der Waals surface area contributed by atoms with Crippen molar-refractivity contribution in [3.05, 3.63) is 24.4 Å². The molecule has 1 spiro atoms. The molecule has 3 rings (SSSR count). The van der Waals surface area contributed by atoms with E-state index in [1.807, 2.05) is 12.3 Å². The third-order valence-corrected chi connectivity index (χ3v) is 3.58. The topological polar surface area (TPSA) is 25.4 Å². The fourth-order valence-corrected chi connectivity index (χ4v) is 2.59. The van der Waals surface area contributed by atoms with Crippen LogP contribution in [0.1, 0.15) is 12.8 Å². The Kier molecular flexibility index (Phi) is 2.13. The zero-order valence-corrected chi connectivity index (χ0v) is 8.85. The summed E-state index contributed by atoms with van der Waals surface area (Å²) in [4.78, 5) is 6.74. The molecule has 0 radical (unpaired) electrons. The summed E-state index contributed by atoms with van der Waals surface area (Å²) in [6.45, 7) is 4.20. The molecule has 2 aliphatic heterocycles. The first kappa shape index (κ1) is 9.16. The van der Waals surface area contributed by atoms with Crippen LogP contribution < -0.4 is 4.90 Å². The molecule has 0 bridgehead atoms. The normalized spacial score (nSPS) is 23.9. The van der Waals surface area contributed by atoms with Crippen LogP contribution in [0.3, 0.4) is 0 Å². The second kappa shape index (κ2) is 3.49. The summed E-state index contributed by atoms with van der Waals surface area (Å²) in [5.41, 5.74) is 0.537. The highest BCUT2D eigenvalue weighted by Gasteiger charge is 2.44. The number of hydrogen-bond donors (Lipinski definition) is 0. The Hall–Kier alpha value is -1.09. The molecule has 2 aliphatic rings. The molecule has 3 nitrogen and oxygen atoms in total. The van der Waals surface area contributed by atoms with Gasteiger partial charge in [-0.3, -0.25) is 0 Å². The smallest absolute Gasteiger partial charge is 0.128 e. The molecular weight excluding hydrogens is 188 g/mol. The highest BCUT2D eigenvalue weighted by molar-refractivity contribution is 5.42. The lowest BCUT2D eigenvalue weighted by Crippen LogP contribution is -2.58. The molecule has 15 heavy (non-hydrogen) atoms. The van der Waals surface area contributed by atoms with Crippen molar-refractivity contribution in [1.29, 1.82) is 0 Å². The second-order valence-corrected chi connectivity index (χ2v) is 4.66. The lowest BCUT2D eigenvalue weighted by Gasteiger charge is -2.52. The lowest BCUT2D eigenvalue weighted by molar-refractivity contribution is -0.000452. The van der Waals surface area contributed by atoms with E-state index >= 15 is 0 Å². The van der Waals surface area contributed by atoms with Crippen LogP contribution in [-0.4, -0.2) is 31.3 Å². The van der Waals surface area contributed by atoms with Crippen LogP contribution in [0.25, 0.3) is 0 Å². The van der Waals surface area contributed by atoms with E-state index in [0.29, 0.717) is 5.41 Å². The molecule has 0 aliphatic carbocycles. The van der Waals surface area contributed by atoms with Gasteiger partial charge in [0.25, 0.3) is 0 Å². The maximum Gasteiger partial charge on any atom is 0.128 e. The van der Waals surface area contributed by atoms with E-state index in [1.165, 1.54) is 12.8 Å². The minimum atomic E-state index is 0.537. The summed E-state index contributed by atoms with van der Waals surface area (Å²) in [6.07, 6.45) is 4.30. The molecule has 0 N–H and O–H groups in total. The summed E-state index contributed by atoms with van der Waals surface area (Å²) in [6, 6.07) is 6.11. The number of rotatable bonds is 1. The summed E-state index contributed by atoms with van der Waals surface area (Å²) in [5.74, 6) is 1.12. The third kappa shape index (κ3) is 1.61. The van der Waals surface area contributed by atoms with Crippen LogP contribution in [-0.2, 0) is 4.74 Å². The summed E-state index contributed by atoms with van der Waals surface area (Å²) in [5, 5.41) is 0. The van der Waals surface area contributed by atoms with Gasteiger partial charge < -0.3 is 9.64 Å². The first-order chi connectivity index (χ1) is 7.38. The maximum atomic E-state index is 5.41. The van der Waals surface area contributed by atoms with Gasteiger partial charge >= 0.3 is 0 Å². The number of aromatic nitrogens is 1. The minimum Gasteiger partial charge on any atom is -0.381 e. The third-order valence-electron chi connectivity index (χ3n) is 3.58. The van der Waals surface area contributed by atoms with E-state index in [-0.39, 0.29) is 0 Å². The minimum absolute atomic E-state index is 0.537. The lowest BCUT2D eigenvalue weighted by atomic mass is 9.73. The molecule has 3 heteroatoms. The van der Waals surface area contributed by atoms with Gasteiger partial charge in [-0.2, -0.15) is 0 Å². The van der Waals surface area contributed by atoms with Gasteiger partial charge in [-0.1, -0.05) is 6.07 Å². The predicted octanol–water partition coefficient (Wildman–Crippen LogP) is 1.70. The Balaban J connectivity index is 1.66. The van der Waals surface area contributed by atoms with Crippen molar-refractivity contribution in [3.63, 3.8) is 0 Å². The van der Waals surface area contributed by atoms with Crippen LogP contribution in [0.5, 0.6) is 0 Å². The van der Waals surface area contributed by atoms with Crippen LogP contribution in [0.2, 0.25) is 0 Å². The van der Waals surface area contributed by atoms with Crippen LogP contribution >= 0.6 is 0 Å². The zero-order chi connectivity index (χ0) is 10.1. The molecule has 0 saturated carbocycles. The standard InChI is InChI=1S/C12H16N2O/c1-2-6-13-11(3-1)14-9-12(10-14)4-7-15-8-5-12/h1-3,6H,4-5,7-10H2. The van der Waals surface area contributed by atoms with Crippen LogP contribution in [0, 0.1) is 5.41 Å². The Morgan fingerprint density at radius 2 is 2.00 bits per heavy atom. The molecule has 0 aromatic carbocycles. The SMILES string of the molecule is c1ccc(N2CC3(CCOCC3)C2)nc1. The first-order valence-electron chi connectivity index (χ1n) is 5.62. The van der Waals surface area contributed by atoms with Gasteiger partial charge in [0, 0.05) is 37.9 Å². The van der Waals surface area contributed by atoms with E-state index in [0.717, 1.165) is 32.1 Å². The Morgan fingerprint density at radius 3 is 2.67 bits per heavy atom. The molecule has 3 heterocycles. The van der Waals surface area contributed by atoms with Crippen molar-refractivity contribution < 1.29 is 4.74 Å². The number of pyridine rings is 1. The fourth-order valence-electron chi connectivity index (χ4n) is 2.59. The number of nitrogens with zero attached hydrogens (tertiary/aromatic N) is 2. The molecule has 2 saturated heterocycles. The van der Waals surface area contributed by atoms with Gasteiger partial charge in [0.15, 0.2) is 0 Å². The zero-order valence-electron chi connectivity index (χ0n) is 8.85. The molecule has 0 atom stereocenters. The highest BCUT2D eigenvalue weighted by Crippen LogP contribution is 2.41. The fraction of sp³-hybridized carbons (Fsp3) is 0.583. The van der Waals surface area contributed by atoms with Crippen LogP contribution in [0.4, 0.5) is 5.82 Å².